The van der Waals surface area contributed by atoms with Gasteiger partial charge in [-0.1, -0.05) is 24.6 Å². The van der Waals surface area contributed by atoms with E-state index in [9.17, 15) is 9.18 Å². The monoisotopic (exact) mass is 292 g/mol. The van der Waals surface area contributed by atoms with Gasteiger partial charge >= 0.3 is 0 Å². The SMILES string of the molecule is CCc1cc(C(=O)Nc2cc(F)ccc2C)cc(Cl)n1. The van der Waals surface area contributed by atoms with Crippen molar-refractivity contribution in [2.24, 2.45) is 0 Å². The number of carbonyl (C=O) groups is 1. The first kappa shape index (κ1) is 14.5. The van der Waals surface area contributed by atoms with Gasteiger partial charge in [0.1, 0.15) is 11.0 Å². The second-order valence-electron chi connectivity index (χ2n) is 4.44. The third-order valence-electron chi connectivity index (χ3n) is 2.92. The Bertz CT molecular complexity index is 658. The molecule has 104 valence electrons. The summed E-state index contributed by atoms with van der Waals surface area (Å²) in [4.78, 5) is 16.3. The highest BCUT2D eigenvalue weighted by atomic mass is 35.5. The summed E-state index contributed by atoms with van der Waals surface area (Å²) >= 11 is 5.88. The minimum absolute atomic E-state index is 0.269. The maximum Gasteiger partial charge on any atom is 0.255 e. The Hall–Kier alpha value is -1.94. The number of benzene rings is 1. The Kier molecular flexibility index (Phi) is 4.35. The number of anilines is 1. The van der Waals surface area contributed by atoms with Crippen molar-refractivity contribution in [3.8, 4) is 0 Å². The van der Waals surface area contributed by atoms with E-state index in [0.717, 1.165) is 11.3 Å². The Morgan fingerprint density at radius 2 is 2.10 bits per heavy atom. The van der Waals surface area contributed by atoms with Crippen molar-refractivity contribution in [3.63, 3.8) is 0 Å². The Morgan fingerprint density at radius 1 is 1.35 bits per heavy atom. The van der Waals surface area contributed by atoms with E-state index in [1.54, 1.807) is 19.1 Å². The largest absolute Gasteiger partial charge is 0.322 e. The molecule has 0 aliphatic rings. The van der Waals surface area contributed by atoms with Crippen LogP contribution in [0.5, 0.6) is 0 Å². The third kappa shape index (κ3) is 3.33. The van der Waals surface area contributed by atoms with Crippen molar-refractivity contribution in [1.29, 1.82) is 0 Å². The smallest absolute Gasteiger partial charge is 0.255 e. The molecular weight excluding hydrogens is 279 g/mol. The van der Waals surface area contributed by atoms with Gasteiger partial charge in [-0.25, -0.2) is 9.37 Å². The Morgan fingerprint density at radius 3 is 2.80 bits per heavy atom. The molecule has 1 heterocycles. The molecule has 0 saturated carbocycles. The molecule has 20 heavy (non-hydrogen) atoms. The number of nitrogens with one attached hydrogen (secondary N) is 1. The maximum atomic E-state index is 13.2. The summed E-state index contributed by atoms with van der Waals surface area (Å²) in [6.45, 7) is 3.73. The van der Waals surface area contributed by atoms with Gasteiger partial charge in [0.25, 0.3) is 5.91 Å². The molecule has 2 rings (SSSR count). The molecule has 0 fully saturated rings. The molecule has 0 bridgehead atoms. The van der Waals surface area contributed by atoms with Gasteiger partial charge in [0.15, 0.2) is 0 Å². The van der Waals surface area contributed by atoms with E-state index in [2.05, 4.69) is 10.3 Å². The van der Waals surface area contributed by atoms with Crippen LogP contribution in [0.4, 0.5) is 10.1 Å². The standard InChI is InChI=1S/C15H14ClFN2O/c1-3-12-6-10(7-14(16)18-12)15(20)19-13-8-11(17)5-4-9(13)2/h4-8H,3H2,1-2H3,(H,19,20). The molecule has 1 aromatic carbocycles. The van der Waals surface area contributed by atoms with Gasteiger partial charge < -0.3 is 5.32 Å². The zero-order chi connectivity index (χ0) is 14.7. The number of pyridine rings is 1. The summed E-state index contributed by atoms with van der Waals surface area (Å²) in [7, 11) is 0. The average molecular weight is 293 g/mol. The topological polar surface area (TPSA) is 42.0 Å². The summed E-state index contributed by atoms with van der Waals surface area (Å²) in [6, 6.07) is 7.42. The predicted molar refractivity (Wildman–Crippen MR) is 77.7 cm³/mol. The van der Waals surface area contributed by atoms with Crippen molar-refractivity contribution in [2.75, 3.05) is 5.32 Å². The van der Waals surface area contributed by atoms with Crippen LogP contribution in [-0.4, -0.2) is 10.9 Å². The summed E-state index contributed by atoms with van der Waals surface area (Å²) < 4.78 is 13.2. The molecule has 1 aromatic heterocycles. The number of hydrogen-bond acceptors (Lipinski definition) is 2. The van der Waals surface area contributed by atoms with Gasteiger partial charge in [0.2, 0.25) is 0 Å². The molecule has 0 aliphatic carbocycles. The van der Waals surface area contributed by atoms with Crippen LogP contribution >= 0.6 is 11.6 Å². The lowest BCUT2D eigenvalue weighted by molar-refractivity contribution is 0.102. The van der Waals surface area contributed by atoms with Gasteiger partial charge in [0, 0.05) is 16.9 Å². The lowest BCUT2D eigenvalue weighted by Gasteiger charge is -2.09. The van der Waals surface area contributed by atoms with Crippen LogP contribution in [0.15, 0.2) is 30.3 Å². The van der Waals surface area contributed by atoms with Gasteiger partial charge in [-0.3, -0.25) is 4.79 Å². The van der Waals surface area contributed by atoms with E-state index in [1.165, 1.54) is 18.2 Å². The zero-order valence-electron chi connectivity index (χ0n) is 11.2. The molecule has 0 unspecified atom stereocenters. The van der Waals surface area contributed by atoms with E-state index in [1.807, 2.05) is 6.92 Å². The van der Waals surface area contributed by atoms with Gasteiger partial charge in [0.05, 0.1) is 0 Å². The third-order valence-corrected chi connectivity index (χ3v) is 3.11. The molecule has 0 saturated heterocycles. The molecule has 0 spiro atoms. The van der Waals surface area contributed by atoms with Crippen molar-refractivity contribution < 1.29 is 9.18 Å². The number of aryl methyl sites for hydroxylation is 2. The fourth-order valence-electron chi connectivity index (χ4n) is 1.79. The summed E-state index contributed by atoms with van der Waals surface area (Å²) in [5, 5.41) is 2.95. The summed E-state index contributed by atoms with van der Waals surface area (Å²) in [5.74, 6) is -0.731. The molecule has 1 N–H and O–H groups in total. The van der Waals surface area contributed by atoms with Crippen molar-refractivity contribution in [1.82, 2.24) is 4.98 Å². The highest BCUT2D eigenvalue weighted by Gasteiger charge is 2.11. The number of hydrogen-bond donors (Lipinski definition) is 1. The Labute approximate surface area is 121 Å². The molecule has 2 aromatic rings. The number of amides is 1. The van der Waals surface area contributed by atoms with Crippen molar-refractivity contribution in [2.45, 2.75) is 20.3 Å². The van der Waals surface area contributed by atoms with Crippen LogP contribution < -0.4 is 5.32 Å². The normalized spacial score (nSPS) is 10.4. The number of rotatable bonds is 3. The highest BCUT2D eigenvalue weighted by molar-refractivity contribution is 6.29. The molecule has 0 atom stereocenters. The molecule has 5 heteroatoms. The minimum atomic E-state index is -0.395. The first-order chi connectivity index (χ1) is 9.49. The van der Waals surface area contributed by atoms with E-state index >= 15 is 0 Å². The maximum absolute atomic E-state index is 13.2. The molecule has 3 nitrogen and oxygen atoms in total. The van der Waals surface area contributed by atoms with E-state index < -0.39 is 5.82 Å². The van der Waals surface area contributed by atoms with Gasteiger partial charge in [-0.15, -0.1) is 0 Å². The van der Waals surface area contributed by atoms with E-state index in [0.29, 0.717) is 17.7 Å². The number of carbonyl (C=O) groups excluding carboxylic acids is 1. The fraction of sp³-hybridized carbons (Fsp3) is 0.200. The van der Waals surface area contributed by atoms with Crippen molar-refractivity contribution in [3.05, 3.63) is 58.1 Å². The van der Waals surface area contributed by atoms with E-state index in [-0.39, 0.29) is 11.1 Å². The highest BCUT2D eigenvalue weighted by Crippen LogP contribution is 2.18. The lowest BCUT2D eigenvalue weighted by Crippen LogP contribution is -2.13. The predicted octanol–water partition coefficient (Wildman–Crippen LogP) is 4.00. The summed E-state index contributed by atoms with van der Waals surface area (Å²) in [6.07, 6.45) is 0.680. The average Bonchev–Trinajstić information content (AvgIpc) is 2.42. The first-order valence-corrected chi connectivity index (χ1v) is 6.61. The van der Waals surface area contributed by atoms with Gasteiger partial charge in [-0.05, 0) is 43.2 Å². The molecule has 1 amide bonds. The van der Waals surface area contributed by atoms with Crippen molar-refractivity contribution >= 4 is 23.2 Å². The first-order valence-electron chi connectivity index (χ1n) is 6.23. The molecule has 0 aliphatic heterocycles. The molecule has 0 radical (unpaired) electrons. The number of aromatic nitrogens is 1. The van der Waals surface area contributed by atoms with Crippen LogP contribution in [0.25, 0.3) is 0 Å². The van der Waals surface area contributed by atoms with Crippen LogP contribution in [0.3, 0.4) is 0 Å². The second-order valence-corrected chi connectivity index (χ2v) is 4.82. The number of halogens is 2. The van der Waals surface area contributed by atoms with Gasteiger partial charge in [-0.2, -0.15) is 0 Å². The van der Waals surface area contributed by atoms with E-state index in [4.69, 9.17) is 11.6 Å². The number of nitrogens with zero attached hydrogens (tertiary/aromatic N) is 1. The lowest BCUT2D eigenvalue weighted by atomic mass is 10.1. The van der Waals surface area contributed by atoms with Crippen LogP contribution in [0.1, 0.15) is 28.5 Å². The van der Waals surface area contributed by atoms with Crippen LogP contribution in [-0.2, 0) is 6.42 Å². The fourth-order valence-corrected chi connectivity index (χ4v) is 2.01. The minimum Gasteiger partial charge on any atom is -0.322 e. The second kappa shape index (κ2) is 6.01. The van der Waals surface area contributed by atoms with Crippen LogP contribution in [0.2, 0.25) is 5.15 Å². The van der Waals surface area contributed by atoms with Crippen LogP contribution in [0, 0.1) is 12.7 Å². The summed E-state index contributed by atoms with van der Waals surface area (Å²) in [5.41, 5.74) is 2.38. The quantitative estimate of drug-likeness (QED) is 0.869. The Balaban J connectivity index is 2.28. The zero-order valence-corrected chi connectivity index (χ0v) is 12.0. The molecular formula is C15H14ClFN2O.